The van der Waals surface area contributed by atoms with E-state index in [0.29, 0.717) is 24.5 Å². The SMILES string of the molecule is Cc1cccc(-n2nc(C(C)(C)C)cc2NC(=O)c2ccc(N3CCNC3=O)cc2)c1. The zero-order chi connectivity index (χ0) is 22.2. The molecule has 2 N–H and O–H groups in total. The van der Waals surface area contributed by atoms with Gasteiger partial charge in [0.2, 0.25) is 0 Å². The summed E-state index contributed by atoms with van der Waals surface area (Å²) in [6.07, 6.45) is 0. The average molecular weight is 418 g/mol. The third-order valence-electron chi connectivity index (χ3n) is 5.26. The molecule has 1 aliphatic rings. The van der Waals surface area contributed by atoms with Gasteiger partial charge in [0, 0.05) is 35.8 Å². The molecule has 2 aromatic carbocycles. The Morgan fingerprint density at radius 3 is 2.42 bits per heavy atom. The Morgan fingerprint density at radius 2 is 1.81 bits per heavy atom. The quantitative estimate of drug-likeness (QED) is 0.666. The second-order valence-electron chi connectivity index (χ2n) is 8.80. The number of urea groups is 1. The number of hydrogen-bond donors (Lipinski definition) is 2. The summed E-state index contributed by atoms with van der Waals surface area (Å²) >= 11 is 0. The number of anilines is 2. The molecule has 0 aliphatic carbocycles. The van der Waals surface area contributed by atoms with Crippen LogP contribution in [0, 0.1) is 6.92 Å². The van der Waals surface area contributed by atoms with Gasteiger partial charge in [0.05, 0.1) is 11.4 Å². The van der Waals surface area contributed by atoms with Crippen molar-refractivity contribution in [2.45, 2.75) is 33.1 Å². The van der Waals surface area contributed by atoms with Gasteiger partial charge in [-0.2, -0.15) is 5.10 Å². The molecule has 0 saturated carbocycles. The van der Waals surface area contributed by atoms with E-state index in [1.165, 1.54) is 0 Å². The number of benzene rings is 2. The van der Waals surface area contributed by atoms with Crippen LogP contribution in [0.1, 0.15) is 42.4 Å². The van der Waals surface area contributed by atoms with Gasteiger partial charge in [-0.1, -0.05) is 32.9 Å². The van der Waals surface area contributed by atoms with E-state index in [-0.39, 0.29) is 17.4 Å². The molecule has 31 heavy (non-hydrogen) atoms. The van der Waals surface area contributed by atoms with Gasteiger partial charge in [-0.05, 0) is 48.9 Å². The molecule has 1 fully saturated rings. The second-order valence-corrected chi connectivity index (χ2v) is 8.80. The minimum Gasteiger partial charge on any atom is -0.336 e. The van der Waals surface area contributed by atoms with Crippen molar-refractivity contribution in [1.82, 2.24) is 15.1 Å². The zero-order valence-corrected chi connectivity index (χ0v) is 18.3. The summed E-state index contributed by atoms with van der Waals surface area (Å²) in [5.41, 5.74) is 4.01. The van der Waals surface area contributed by atoms with Gasteiger partial charge in [0.15, 0.2) is 0 Å². The molecular formula is C24H27N5O2. The third-order valence-corrected chi connectivity index (χ3v) is 5.26. The summed E-state index contributed by atoms with van der Waals surface area (Å²) < 4.78 is 1.77. The Kier molecular flexibility index (Phi) is 5.27. The molecular weight excluding hydrogens is 390 g/mol. The summed E-state index contributed by atoms with van der Waals surface area (Å²) in [6, 6.07) is 16.8. The van der Waals surface area contributed by atoms with E-state index in [1.54, 1.807) is 33.8 Å². The first-order chi connectivity index (χ1) is 14.7. The maximum Gasteiger partial charge on any atom is 0.321 e. The first kappa shape index (κ1) is 20.7. The Hall–Kier alpha value is -3.61. The molecule has 0 radical (unpaired) electrons. The average Bonchev–Trinajstić information content (AvgIpc) is 3.34. The smallest absolute Gasteiger partial charge is 0.321 e. The Morgan fingerprint density at radius 1 is 1.06 bits per heavy atom. The minimum atomic E-state index is -0.230. The molecule has 1 aromatic heterocycles. The van der Waals surface area contributed by atoms with Crippen LogP contribution >= 0.6 is 0 Å². The first-order valence-corrected chi connectivity index (χ1v) is 10.4. The molecule has 7 nitrogen and oxygen atoms in total. The Balaban J connectivity index is 1.61. The number of carbonyl (C=O) groups excluding carboxylic acids is 2. The molecule has 0 bridgehead atoms. The Labute approximate surface area is 182 Å². The molecule has 160 valence electrons. The maximum atomic E-state index is 13.0. The number of rotatable bonds is 4. The standard InChI is InChI=1S/C24H27N5O2/c1-16-6-5-7-19(14-16)29-21(15-20(27-29)24(2,3)4)26-22(30)17-8-10-18(11-9-17)28-13-12-25-23(28)31/h5-11,14-15H,12-13H2,1-4H3,(H,25,31)(H,26,30). The fourth-order valence-electron chi connectivity index (χ4n) is 3.49. The number of hydrogen-bond acceptors (Lipinski definition) is 3. The molecule has 3 amide bonds. The van der Waals surface area contributed by atoms with Crippen LogP contribution < -0.4 is 15.5 Å². The molecule has 2 heterocycles. The highest BCUT2D eigenvalue weighted by molar-refractivity contribution is 6.04. The molecule has 3 aromatic rings. The summed E-state index contributed by atoms with van der Waals surface area (Å²) in [5.74, 6) is 0.384. The maximum absolute atomic E-state index is 13.0. The van der Waals surface area contributed by atoms with Crippen molar-refractivity contribution in [3.63, 3.8) is 0 Å². The van der Waals surface area contributed by atoms with E-state index < -0.39 is 0 Å². The fourth-order valence-corrected chi connectivity index (χ4v) is 3.49. The van der Waals surface area contributed by atoms with Gasteiger partial charge in [0.1, 0.15) is 5.82 Å². The van der Waals surface area contributed by atoms with E-state index in [9.17, 15) is 9.59 Å². The molecule has 0 spiro atoms. The van der Waals surface area contributed by atoms with Crippen LogP contribution in [0.15, 0.2) is 54.6 Å². The van der Waals surface area contributed by atoms with E-state index in [4.69, 9.17) is 5.10 Å². The molecule has 7 heteroatoms. The predicted octanol–water partition coefficient (Wildman–Crippen LogP) is 4.26. The molecule has 0 unspecified atom stereocenters. The van der Waals surface area contributed by atoms with Crippen molar-refractivity contribution in [1.29, 1.82) is 0 Å². The number of aromatic nitrogens is 2. The van der Waals surface area contributed by atoms with Gasteiger partial charge in [0.25, 0.3) is 5.91 Å². The Bertz CT molecular complexity index is 1130. The molecule has 1 aliphatic heterocycles. The van der Waals surface area contributed by atoms with Gasteiger partial charge in [-0.3, -0.25) is 9.69 Å². The lowest BCUT2D eigenvalue weighted by Crippen LogP contribution is -2.27. The summed E-state index contributed by atoms with van der Waals surface area (Å²) in [7, 11) is 0. The summed E-state index contributed by atoms with van der Waals surface area (Å²) in [4.78, 5) is 26.5. The van der Waals surface area contributed by atoms with Gasteiger partial charge in [-0.25, -0.2) is 9.48 Å². The van der Waals surface area contributed by atoms with Crippen LogP contribution in [0.3, 0.4) is 0 Å². The normalized spacial score (nSPS) is 13.9. The molecule has 4 rings (SSSR count). The second kappa shape index (κ2) is 7.91. The van der Waals surface area contributed by atoms with Crippen LogP contribution in [0.2, 0.25) is 0 Å². The van der Waals surface area contributed by atoms with Gasteiger partial charge in [-0.15, -0.1) is 0 Å². The third kappa shape index (κ3) is 4.30. The molecule has 1 saturated heterocycles. The van der Waals surface area contributed by atoms with E-state index in [1.807, 2.05) is 37.3 Å². The minimum absolute atomic E-state index is 0.117. The van der Waals surface area contributed by atoms with Crippen molar-refractivity contribution in [2.75, 3.05) is 23.3 Å². The zero-order valence-electron chi connectivity index (χ0n) is 18.3. The number of nitrogens with zero attached hydrogens (tertiary/aromatic N) is 3. The van der Waals surface area contributed by atoms with Crippen molar-refractivity contribution in [2.24, 2.45) is 0 Å². The van der Waals surface area contributed by atoms with Crippen LogP contribution in [0.25, 0.3) is 5.69 Å². The van der Waals surface area contributed by atoms with Gasteiger partial charge >= 0.3 is 6.03 Å². The largest absolute Gasteiger partial charge is 0.336 e. The summed E-state index contributed by atoms with van der Waals surface area (Å²) in [5, 5.41) is 10.5. The van der Waals surface area contributed by atoms with Gasteiger partial charge < -0.3 is 10.6 Å². The van der Waals surface area contributed by atoms with Crippen LogP contribution in [-0.2, 0) is 5.41 Å². The van der Waals surface area contributed by atoms with E-state index >= 15 is 0 Å². The summed E-state index contributed by atoms with van der Waals surface area (Å²) in [6.45, 7) is 9.55. The van der Waals surface area contributed by atoms with Crippen LogP contribution in [-0.4, -0.2) is 34.8 Å². The number of nitrogens with one attached hydrogen (secondary N) is 2. The lowest BCUT2D eigenvalue weighted by Gasteiger charge is -2.14. The number of carbonyl (C=O) groups is 2. The van der Waals surface area contributed by atoms with Crippen molar-refractivity contribution < 1.29 is 9.59 Å². The number of amides is 3. The van der Waals surface area contributed by atoms with Crippen molar-refractivity contribution in [3.8, 4) is 5.69 Å². The van der Waals surface area contributed by atoms with Crippen molar-refractivity contribution >= 4 is 23.4 Å². The first-order valence-electron chi connectivity index (χ1n) is 10.4. The molecule has 0 atom stereocenters. The number of aryl methyl sites for hydroxylation is 1. The van der Waals surface area contributed by atoms with Crippen LogP contribution in [0.5, 0.6) is 0 Å². The van der Waals surface area contributed by atoms with Crippen molar-refractivity contribution in [3.05, 3.63) is 71.4 Å². The highest BCUT2D eigenvalue weighted by atomic mass is 16.2. The van der Waals surface area contributed by atoms with E-state index in [2.05, 4.69) is 31.4 Å². The lowest BCUT2D eigenvalue weighted by atomic mass is 9.92. The monoisotopic (exact) mass is 417 g/mol. The van der Waals surface area contributed by atoms with Crippen LogP contribution in [0.4, 0.5) is 16.3 Å². The predicted molar refractivity (Wildman–Crippen MR) is 122 cm³/mol. The highest BCUT2D eigenvalue weighted by Crippen LogP contribution is 2.27. The highest BCUT2D eigenvalue weighted by Gasteiger charge is 2.23. The van der Waals surface area contributed by atoms with E-state index in [0.717, 1.165) is 22.6 Å². The topological polar surface area (TPSA) is 79.3 Å². The fraction of sp³-hybridized carbons (Fsp3) is 0.292. The lowest BCUT2D eigenvalue weighted by molar-refractivity contribution is 0.102.